The number of ketones is 1. The summed E-state index contributed by atoms with van der Waals surface area (Å²) in [4.78, 5) is 44.8. The first-order chi connectivity index (χ1) is 15.6. The van der Waals surface area contributed by atoms with E-state index < -0.39 is 23.5 Å². The molecule has 8 nitrogen and oxygen atoms in total. The van der Waals surface area contributed by atoms with Crippen LogP contribution in [0.1, 0.15) is 31.9 Å². The fourth-order valence-corrected chi connectivity index (χ4v) is 3.65. The summed E-state index contributed by atoms with van der Waals surface area (Å²) in [5.74, 6) is -0.638. The number of urea groups is 1. The predicted molar refractivity (Wildman–Crippen MR) is 131 cm³/mol. The van der Waals surface area contributed by atoms with Crippen LogP contribution in [0.25, 0.3) is 0 Å². The molecule has 0 bridgehead atoms. The Balaban J connectivity index is 1.92. The molecule has 1 aliphatic rings. The van der Waals surface area contributed by atoms with Crippen LogP contribution < -0.4 is 15.5 Å². The molecule has 33 heavy (non-hydrogen) atoms. The monoisotopic (exact) mass is 509 g/mol. The molecule has 0 spiro atoms. The van der Waals surface area contributed by atoms with E-state index in [9.17, 15) is 14.4 Å². The number of benzene rings is 2. The average Bonchev–Trinajstić information content (AvgIpc) is 2.89. The van der Waals surface area contributed by atoms with Crippen molar-refractivity contribution in [2.75, 3.05) is 22.1 Å². The van der Waals surface area contributed by atoms with Crippen molar-refractivity contribution < 1.29 is 14.4 Å². The Kier molecular flexibility index (Phi) is 7.29. The van der Waals surface area contributed by atoms with Crippen molar-refractivity contribution in [3.05, 3.63) is 59.7 Å². The van der Waals surface area contributed by atoms with Gasteiger partial charge >= 0.3 is 6.03 Å². The number of anilines is 2. The number of hydrogen-bond acceptors (Lipinski definition) is 5. The molecule has 9 heteroatoms. The van der Waals surface area contributed by atoms with Gasteiger partial charge < -0.3 is 15.5 Å². The van der Waals surface area contributed by atoms with Crippen molar-refractivity contribution in [3.63, 3.8) is 0 Å². The quantitative estimate of drug-likeness (QED) is 0.595. The summed E-state index contributed by atoms with van der Waals surface area (Å²) in [6.45, 7) is 5.24. The molecule has 2 aromatic rings. The molecule has 0 aliphatic carbocycles. The van der Waals surface area contributed by atoms with Gasteiger partial charge in [0.25, 0.3) is 5.91 Å². The zero-order chi connectivity index (χ0) is 24.2. The van der Waals surface area contributed by atoms with Crippen LogP contribution in [0.4, 0.5) is 16.2 Å². The lowest BCUT2D eigenvalue weighted by molar-refractivity contribution is -0.127. The van der Waals surface area contributed by atoms with Crippen LogP contribution in [0, 0.1) is 16.7 Å². The second-order valence-electron chi connectivity index (χ2n) is 8.52. The third-order valence-electron chi connectivity index (χ3n) is 5.07. The van der Waals surface area contributed by atoms with E-state index in [2.05, 4.69) is 31.6 Å². The molecule has 0 fully saturated rings. The number of carbonyl (C=O) groups excluding carboxylic acids is 3. The predicted octanol–water partition coefficient (Wildman–Crippen LogP) is 3.85. The maximum Gasteiger partial charge on any atom is 0.321 e. The van der Waals surface area contributed by atoms with Crippen LogP contribution in [0.5, 0.6) is 0 Å². The molecule has 0 radical (unpaired) electrons. The highest BCUT2D eigenvalue weighted by molar-refractivity contribution is 9.09. The lowest BCUT2D eigenvalue weighted by Gasteiger charge is -2.28. The lowest BCUT2D eigenvalue weighted by Crippen LogP contribution is -2.50. The van der Waals surface area contributed by atoms with E-state index in [1.54, 1.807) is 51.1 Å². The van der Waals surface area contributed by atoms with E-state index in [0.29, 0.717) is 33.5 Å². The fourth-order valence-electron chi connectivity index (χ4n) is 3.20. The smallest absolute Gasteiger partial charge is 0.308 e. The van der Waals surface area contributed by atoms with Gasteiger partial charge in [0.2, 0.25) is 6.17 Å². The fraction of sp³-hybridized carbons (Fsp3) is 0.292. The van der Waals surface area contributed by atoms with Gasteiger partial charge in [-0.15, -0.1) is 0 Å². The van der Waals surface area contributed by atoms with Crippen LogP contribution in [-0.4, -0.2) is 41.5 Å². The number of hydrogen-bond donors (Lipinski definition) is 2. The standard InChI is InChI=1S/C24H24BrN5O3/c1-24(2,3)20(31)14-30-19-10-5-4-9-17(19)18(12-25)28-21(22(30)32)29-23(33)27-16-8-6-7-15(11-16)13-26/h4-11,21H,12,14H2,1-3H3,(H2,27,29,33). The first-order valence-corrected chi connectivity index (χ1v) is 11.4. The van der Waals surface area contributed by atoms with Gasteiger partial charge in [0.15, 0.2) is 5.78 Å². The normalized spacial score (nSPS) is 15.6. The van der Waals surface area contributed by atoms with E-state index in [1.807, 2.05) is 18.2 Å². The Morgan fingerprint density at radius 2 is 1.91 bits per heavy atom. The molecule has 2 aromatic carbocycles. The van der Waals surface area contributed by atoms with E-state index in [-0.39, 0.29) is 12.3 Å². The summed E-state index contributed by atoms with van der Waals surface area (Å²) in [6, 6.07) is 15.0. The van der Waals surface area contributed by atoms with Crippen LogP contribution >= 0.6 is 15.9 Å². The highest BCUT2D eigenvalue weighted by Gasteiger charge is 2.35. The highest BCUT2D eigenvalue weighted by Crippen LogP contribution is 2.28. The van der Waals surface area contributed by atoms with E-state index in [4.69, 9.17) is 5.26 Å². The number of Topliss-reactive ketones (excluding diaryl/α,β-unsaturated/α-hetero) is 1. The number of nitriles is 1. The van der Waals surface area contributed by atoms with Gasteiger partial charge in [-0.05, 0) is 24.3 Å². The molecule has 1 atom stereocenters. The van der Waals surface area contributed by atoms with Gasteiger partial charge in [0.1, 0.15) is 0 Å². The number of aliphatic imine (C=N–C) groups is 1. The number of benzodiazepines with no additional fused rings is 1. The van der Waals surface area contributed by atoms with Gasteiger partial charge in [-0.2, -0.15) is 5.26 Å². The maximum atomic E-state index is 13.5. The number of carbonyl (C=O) groups is 3. The second-order valence-corrected chi connectivity index (χ2v) is 9.08. The molecular weight excluding hydrogens is 486 g/mol. The molecule has 170 valence electrons. The maximum absolute atomic E-state index is 13.5. The number of nitrogens with zero attached hydrogens (tertiary/aromatic N) is 3. The average molecular weight is 510 g/mol. The summed E-state index contributed by atoms with van der Waals surface area (Å²) >= 11 is 3.41. The van der Waals surface area contributed by atoms with E-state index in [1.165, 1.54) is 11.0 Å². The van der Waals surface area contributed by atoms with Gasteiger partial charge in [-0.1, -0.05) is 61.0 Å². The number of nitrogens with one attached hydrogen (secondary N) is 2. The molecule has 1 unspecified atom stereocenters. The third-order valence-corrected chi connectivity index (χ3v) is 5.60. The van der Waals surface area contributed by atoms with Crippen LogP contribution in [0.2, 0.25) is 0 Å². The van der Waals surface area contributed by atoms with Crippen LogP contribution in [0.3, 0.4) is 0 Å². The summed E-state index contributed by atoms with van der Waals surface area (Å²) in [5.41, 5.74) is 1.98. The SMILES string of the molecule is CC(C)(C)C(=O)CN1C(=O)C(NC(=O)Nc2cccc(C#N)c2)N=C(CBr)c2ccccc21. The lowest BCUT2D eigenvalue weighted by atomic mass is 9.90. The molecule has 1 aliphatic heterocycles. The molecule has 0 saturated carbocycles. The zero-order valence-corrected chi connectivity index (χ0v) is 20.1. The number of alkyl halides is 1. The molecule has 0 saturated heterocycles. The minimum Gasteiger partial charge on any atom is -0.308 e. The Morgan fingerprint density at radius 3 is 2.58 bits per heavy atom. The van der Waals surface area contributed by atoms with Gasteiger partial charge in [-0.25, -0.2) is 4.79 Å². The zero-order valence-electron chi connectivity index (χ0n) is 18.6. The van der Waals surface area contributed by atoms with Gasteiger partial charge in [0, 0.05) is 22.0 Å². The van der Waals surface area contributed by atoms with Crippen molar-refractivity contribution in [1.82, 2.24) is 5.32 Å². The third kappa shape index (κ3) is 5.65. The number of para-hydroxylation sites is 1. The molecule has 2 N–H and O–H groups in total. The number of halogens is 1. The first-order valence-electron chi connectivity index (χ1n) is 10.3. The number of amides is 3. The van der Waals surface area contributed by atoms with Crippen molar-refractivity contribution in [1.29, 1.82) is 5.26 Å². The molecule has 3 rings (SSSR count). The van der Waals surface area contributed by atoms with E-state index in [0.717, 1.165) is 0 Å². The Hall–Kier alpha value is -3.51. The Bertz CT molecular complexity index is 1160. The topological polar surface area (TPSA) is 115 Å². The molecule has 0 aromatic heterocycles. The van der Waals surface area contributed by atoms with Crippen molar-refractivity contribution in [3.8, 4) is 6.07 Å². The summed E-state index contributed by atoms with van der Waals surface area (Å²) in [7, 11) is 0. The summed E-state index contributed by atoms with van der Waals surface area (Å²) < 4.78 is 0. The molecular formula is C24H24BrN5O3. The largest absolute Gasteiger partial charge is 0.321 e. The highest BCUT2D eigenvalue weighted by atomic mass is 79.9. The minimum atomic E-state index is -1.24. The second kappa shape index (κ2) is 9.96. The minimum absolute atomic E-state index is 0.121. The molecule has 1 heterocycles. The Labute approximate surface area is 200 Å². The first kappa shape index (κ1) is 24.1. The van der Waals surface area contributed by atoms with Gasteiger partial charge in [0.05, 0.1) is 29.6 Å². The number of fused-ring (bicyclic) bond motifs is 1. The van der Waals surface area contributed by atoms with Crippen molar-refractivity contribution >= 4 is 50.7 Å². The van der Waals surface area contributed by atoms with Gasteiger partial charge in [-0.3, -0.25) is 14.6 Å². The molecule has 3 amide bonds. The van der Waals surface area contributed by atoms with Crippen molar-refractivity contribution in [2.45, 2.75) is 26.9 Å². The Morgan fingerprint density at radius 1 is 1.18 bits per heavy atom. The van der Waals surface area contributed by atoms with Crippen LogP contribution in [0.15, 0.2) is 53.5 Å². The number of rotatable bonds is 5. The summed E-state index contributed by atoms with van der Waals surface area (Å²) in [6.07, 6.45) is -1.24. The van der Waals surface area contributed by atoms with Crippen LogP contribution in [-0.2, 0) is 9.59 Å². The summed E-state index contributed by atoms with van der Waals surface area (Å²) in [5, 5.41) is 14.6. The van der Waals surface area contributed by atoms with Crippen molar-refractivity contribution in [2.24, 2.45) is 10.4 Å². The van der Waals surface area contributed by atoms with E-state index >= 15 is 0 Å².